The second-order valence-electron chi connectivity index (χ2n) is 9.84. The summed E-state index contributed by atoms with van der Waals surface area (Å²) in [6.07, 6.45) is 16.3. The van der Waals surface area contributed by atoms with E-state index in [9.17, 15) is 4.39 Å². The number of aliphatic imine (C=N–C) groups is 1. The quantitative estimate of drug-likeness (QED) is 0.444. The second-order valence-corrected chi connectivity index (χ2v) is 9.84. The van der Waals surface area contributed by atoms with Crippen LogP contribution in [0.4, 0.5) is 4.39 Å². The van der Waals surface area contributed by atoms with Crippen molar-refractivity contribution in [2.45, 2.75) is 90.6 Å². The monoisotopic (exact) mass is 459 g/mol. The zero-order valence-electron chi connectivity index (χ0n) is 21.0. The molecule has 4 heteroatoms. The molecule has 1 aromatic carbocycles. The molecule has 34 heavy (non-hydrogen) atoms. The topological polar surface area (TPSA) is 29.3 Å². The first-order valence-corrected chi connectivity index (χ1v) is 13.1. The van der Waals surface area contributed by atoms with Crippen LogP contribution in [0.2, 0.25) is 0 Å². The minimum atomic E-state index is -0.210. The molecule has 0 amide bonds. The average Bonchev–Trinajstić information content (AvgIpc) is 3.46. The fourth-order valence-electron chi connectivity index (χ4n) is 4.98. The van der Waals surface area contributed by atoms with Crippen LogP contribution >= 0.6 is 0 Å². The van der Waals surface area contributed by atoms with E-state index in [2.05, 4.69) is 54.6 Å². The van der Waals surface area contributed by atoms with Gasteiger partial charge in [-0.05, 0) is 62.3 Å². The van der Waals surface area contributed by atoms with Gasteiger partial charge in [-0.25, -0.2) is 4.39 Å². The first kappa shape index (κ1) is 24.5. The van der Waals surface area contributed by atoms with Gasteiger partial charge in [-0.3, -0.25) is 4.99 Å². The van der Waals surface area contributed by atoms with Crippen molar-refractivity contribution in [1.29, 1.82) is 0 Å². The summed E-state index contributed by atoms with van der Waals surface area (Å²) in [6, 6.07) is 6.02. The molecular formula is C30H38FN3. The lowest BCUT2D eigenvalue weighted by Gasteiger charge is -2.18. The van der Waals surface area contributed by atoms with Crippen molar-refractivity contribution < 1.29 is 4.39 Å². The highest BCUT2D eigenvalue weighted by Gasteiger charge is 2.27. The average molecular weight is 460 g/mol. The zero-order chi connectivity index (χ0) is 23.9. The fraction of sp³-hybridized carbons (Fsp3) is 0.500. The van der Waals surface area contributed by atoms with E-state index in [-0.39, 0.29) is 5.82 Å². The highest BCUT2D eigenvalue weighted by atomic mass is 19.1. The molecule has 0 radical (unpaired) electrons. The van der Waals surface area contributed by atoms with Crippen molar-refractivity contribution in [2.24, 2.45) is 4.99 Å². The number of hydrogen-bond acceptors (Lipinski definition) is 2. The maximum atomic E-state index is 14.4. The molecule has 4 rings (SSSR count). The molecule has 1 saturated carbocycles. The molecule has 0 atom stereocenters. The van der Waals surface area contributed by atoms with Gasteiger partial charge in [-0.15, -0.1) is 0 Å². The van der Waals surface area contributed by atoms with Gasteiger partial charge in [0.25, 0.3) is 0 Å². The Morgan fingerprint density at radius 2 is 1.94 bits per heavy atom. The molecule has 0 spiro atoms. The number of aromatic nitrogens is 1. The summed E-state index contributed by atoms with van der Waals surface area (Å²) in [5.74, 6) is 6.58. The number of nitrogens with one attached hydrogen (secondary N) is 1. The molecule has 1 aliphatic heterocycles. The molecule has 180 valence electrons. The number of fused-ring (bicyclic) bond motifs is 1. The first-order valence-electron chi connectivity index (χ1n) is 13.1. The van der Waals surface area contributed by atoms with Crippen LogP contribution in [0.15, 0.2) is 40.9 Å². The van der Waals surface area contributed by atoms with Gasteiger partial charge in [0, 0.05) is 36.7 Å². The van der Waals surface area contributed by atoms with E-state index < -0.39 is 0 Å². The lowest BCUT2D eigenvalue weighted by molar-refractivity contribution is 0.530. The van der Waals surface area contributed by atoms with Crippen LogP contribution in [-0.2, 0) is 0 Å². The zero-order valence-corrected chi connectivity index (χ0v) is 21.0. The molecule has 1 fully saturated rings. The molecule has 2 aromatic rings. The van der Waals surface area contributed by atoms with Gasteiger partial charge in [0.2, 0.25) is 0 Å². The molecule has 1 aromatic heterocycles. The summed E-state index contributed by atoms with van der Waals surface area (Å²) < 4.78 is 16.9. The lowest BCUT2D eigenvalue weighted by atomic mass is 10.1. The van der Waals surface area contributed by atoms with Gasteiger partial charge in [-0.2, -0.15) is 0 Å². The normalized spacial score (nSPS) is 21.2. The summed E-state index contributed by atoms with van der Waals surface area (Å²) in [7, 11) is 0. The Balaban J connectivity index is 1.88. The third kappa shape index (κ3) is 5.70. The van der Waals surface area contributed by atoms with Gasteiger partial charge < -0.3 is 9.88 Å². The van der Waals surface area contributed by atoms with E-state index in [0.717, 1.165) is 79.3 Å². The maximum Gasteiger partial charge on any atom is 0.124 e. The van der Waals surface area contributed by atoms with E-state index in [4.69, 9.17) is 4.99 Å². The molecule has 0 unspecified atom stereocenters. The minimum Gasteiger partial charge on any atom is -0.335 e. The van der Waals surface area contributed by atoms with E-state index in [0.29, 0.717) is 12.1 Å². The van der Waals surface area contributed by atoms with Gasteiger partial charge in [0.05, 0.1) is 22.5 Å². The van der Waals surface area contributed by atoms with Crippen molar-refractivity contribution in [3.63, 3.8) is 0 Å². The van der Waals surface area contributed by atoms with Crippen molar-refractivity contribution in [2.75, 3.05) is 6.54 Å². The molecule has 0 bridgehead atoms. The van der Waals surface area contributed by atoms with E-state index in [1.165, 1.54) is 18.4 Å². The highest BCUT2D eigenvalue weighted by molar-refractivity contribution is 5.95. The van der Waals surface area contributed by atoms with Gasteiger partial charge in [-0.1, -0.05) is 57.6 Å². The van der Waals surface area contributed by atoms with E-state index >= 15 is 0 Å². The summed E-state index contributed by atoms with van der Waals surface area (Å²) in [4.78, 5) is 5.06. The van der Waals surface area contributed by atoms with Crippen molar-refractivity contribution in [3.8, 4) is 11.8 Å². The fourth-order valence-corrected chi connectivity index (χ4v) is 4.98. The van der Waals surface area contributed by atoms with Gasteiger partial charge >= 0.3 is 0 Å². The molecule has 2 aliphatic rings. The second kappa shape index (κ2) is 11.7. The number of unbranched alkanes of at least 4 members (excludes halogenated alkanes) is 1. The Morgan fingerprint density at radius 3 is 2.71 bits per heavy atom. The number of nitrogens with zero attached hydrogens (tertiary/aromatic N) is 2. The summed E-state index contributed by atoms with van der Waals surface area (Å²) in [5, 5.41) is 4.44. The van der Waals surface area contributed by atoms with Crippen LogP contribution in [0.5, 0.6) is 0 Å². The molecule has 1 N–H and O–H groups in total. The Morgan fingerprint density at radius 1 is 1.15 bits per heavy atom. The minimum absolute atomic E-state index is 0.210. The Bertz CT molecular complexity index is 1150. The lowest BCUT2D eigenvalue weighted by Crippen LogP contribution is -2.25. The van der Waals surface area contributed by atoms with Crippen LogP contribution in [0.25, 0.3) is 16.6 Å². The van der Waals surface area contributed by atoms with Crippen molar-refractivity contribution >= 4 is 22.8 Å². The Hall–Kier alpha value is -2.64. The van der Waals surface area contributed by atoms with Crippen LogP contribution in [0.1, 0.15) is 95.9 Å². The highest BCUT2D eigenvalue weighted by Crippen LogP contribution is 2.40. The molecule has 3 nitrogen and oxygen atoms in total. The number of rotatable bonds is 6. The first-order chi connectivity index (χ1) is 16.6. The third-order valence-corrected chi connectivity index (χ3v) is 6.72. The molecular weight excluding hydrogens is 421 g/mol. The maximum absolute atomic E-state index is 14.4. The summed E-state index contributed by atoms with van der Waals surface area (Å²) in [5.41, 5.74) is 5.28. The molecule has 2 heterocycles. The number of halogens is 1. The number of benzene rings is 1. The third-order valence-electron chi connectivity index (χ3n) is 6.72. The Kier molecular flexibility index (Phi) is 8.40. The van der Waals surface area contributed by atoms with Crippen LogP contribution in [0, 0.1) is 17.7 Å². The summed E-state index contributed by atoms with van der Waals surface area (Å²) >= 11 is 0. The van der Waals surface area contributed by atoms with Gasteiger partial charge in [0.15, 0.2) is 0 Å². The van der Waals surface area contributed by atoms with E-state index in [1.54, 1.807) is 12.1 Å². The van der Waals surface area contributed by atoms with Crippen molar-refractivity contribution in [3.05, 3.63) is 53.0 Å². The van der Waals surface area contributed by atoms with Crippen molar-refractivity contribution in [1.82, 2.24) is 9.88 Å². The van der Waals surface area contributed by atoms with Crippen LogP contribution in [-0.4, -0.2) is 23.4 Å². The van der Waals surface area contributed by atoms with Gasteiger partial charge in [0.1, 0.15) is 5.82 Å². The number of hydrogen-bond donors (Lipinski definition) is 1. The predicted molar refractivity (Wildman–Crippen MR) is 143 cm³/mol. The standard InChI is InChI=1S/C30H38FN3/c1-4-5-7-15-26-27-19-24(31)17-18-29(27)34(25-13-10-11-14-25)30(26)28-16-9-6-8-12-23(21-33-28)20-32-22(2)3/h12,16-19,21-22,25,32H,4-6,8-11,13-14,20H2,1-3H3/b23-12-,28-16+,33-21+. The summed E-state index contributed by atoms with van der Waals surface area (Å²) in [6.45, 7) is 7.28. The number of allylic oxidation sites excluding steroid dienone is 2. The largest absolute Gasteiger partial charge is 0.335 e. The predicted octanol–water partition coefficient (Wildman–Crippen LogP) is 7.57. The van der Waals surface area contributed by atoms with Crippen LogP contribution < -0.4 is 5.32 Å². The van der Waals surface area contributed by atoms with E-state index in [1.807, 2.05) is 12.3 Å². The Labute approximate surface area is 204 Å². The van der Waals surface area contributed by atoms with Crippen LogP contribution in [0.3, 0.4) is 0 Å². The SMILES string of the molecule is CCCC#Cc1c(C2=C/CCC\C=C(CNC(C)C)/C=N/2)n(C2CCCC2)c2ccc(F)cc12. The molecule has 0 saturated heterocycles. The molecule has 1 aliphatic carbocycles. The smallest absolute Gasteiger partial charge is 0.124 e.